The number of furan rings is 1. The zero-order valence-corrected chi connectivity index (χ0v) is 8.99. The minimum absolute atomic E-state index is 0.312. The van der Waals surface area contributed by atoms with Gasteiger partial charge in [0.2, 0.25) is 0 Å². The lowest BCUT2D eigenvalue weighted by atomic mass is 10.2. The van der Waals surface area contributed by atoms with E-state index in [9.17, 15) is 4.79 Å². The number of nitrogens with one attached hydrogen (secondary N) is 1. The highest BCUT2D eigenvalue weighted by atomic mass is 35.5. The predicted molar refractivity (Wildman–Crippen MR) is 62.5 cm³/mol. The second-order valence-corrected chi connectivity index (χ2v) is 3.58. The number of nitrogen functional groups attached to an aromatic ring is 1. The highest BCUT2D eigenvalue weighted by Crippen LogP contribution is 2.28. The van der Waals surface area contributed by atoms with E-state index in [1.54, 1.807) is 24.3 Å². The Kier molecular flexibility index (Phi) is 2.83. The van der Waals surface area contributed by atoms with Crippen molar-refractivity contribution in [2.24, 2.45) is 0 Å². The molecule has 0 aliphatic carbocycles. The van der Waals surface area contributed by atoms with Crippen LogP contribution in [-0.4, -0.2) is 5.91 Å². The molecule has 0 saturated heterocycles. The first kappa shape index (κ1) is 10.6. The average Bonchev–Trinajstić information content (AvgIpc) is 2.76. The van der Waals surface area contributed by atoms with Crippen LogP contribution in [0.4, 0.5) is 11.4 Å². The van der Waals surface area contributed by atoms with Gasteiger partial charge in [-0.15, -0.1) is 0 Å². The van der Waals surface area contributed by atoms with Gasteiger partial charge >= 0.3 is 0 Å². The normalized spacial score (nSPS) is 10.1. The summed E-state index contributed by atoms with van der Waals surface area (Å²) in [6.45, 7) is 0. The first-order chi connectivity index (χ1) is 7.68. The minimum Gasteiger partial charge on any atom is -0.472 e. The SMILES string of the molecule is Nc1cccc(Cl)c1NC(=O)c1ccoc1. The van der Waals surface area contributed by atoms with Gasteiger partial charge in [0.05, 0.1) is 28.2 Å². The Balaban J connectivity index is 2.25. The smallest absolute Gasteiger partial charge is 0.259 e. The molecule has 0 unspecified atom stereocenters. The van der Waals surface area contributed by atoms with Crippen LogP contribution < -0.4 is 11.1 Å². The maximum atomic E-state index is 11.7. The van der Waals surface area contributed by atoms with E-state index in [1.807, 2.05) is 0 Å². The molecule has 3 N–H and O–H groups in total. The largest absolute Gasteiger partial charge is 0.472 e. The number of carbonyl (C=O) groups is 1. The summed E-state index contributed by atoms with van der Waals surface area (Å²) >= 11 is 5.92. The summed E-state index contributed by atoms with van der Waals surface area (Å²) in [6, 6.07) is 6.59. The van der Waals surface area contributed by atoms with E-state index in [-0.39, 0.29) is 5.91 Å². The van der Waals surface area contributed by atoms with Crippen molar-refractivity contribution in [2.75, 3.05) is 11.1 Å². The van der Waals surface area contributed by atoms with Gasteiger partial charge in [0.15, 0.2) is 0 Å². The highest BCUT2D eigenvalue weighted by Gasteiger charge is 2.11. The molecule has 0 aliphatic rings. The van der Waals surface area contributed by atoms with Crippen LogP contribution in [0.3, 0.4) is 0 Å². The molecule has 0 aliphatic heterocycles. The second-order valence-electron chi connectivity index (χ2n) is 3.17. The van der Waals surface area contributed by atoms with Gasteiger partial charge in [-0.3, -0.25) is 4.79 Å². The van der Waals surface area contributed by atoms with Crippen LogP contribution in [-0.2, 0) is 0 Å². The standard InChI is InChI=1S/C11H9ClN2O2/c12-8-2-1-3-9(13)10(8)14-11(15)7-4-5-16-6-7/h1-6H,13H2,(H,14,15). The molecular weight excluding hydrogens is 228 g/mol. The summed E-state index contributed by atoms with van der Waals surface area (Å²) in [6.07, 6.45) is 2.77. The molecule has 0 bridgehead atoms. The third-order valence-electron chi connectivity index (χ3n) is 2.07. The fraction of sp³-hybridized carbons (Fsp3) is 0. The van der Waals surface area contributed by atoms with Gasteiger partial charge in [0.25, 0.3) is 5.91 Å². The molecule has 5 heteroatoms. The van der Waals surface area contributed by atoms with Gasteiger partial charge in [-0.05, 0) is 18.2 Å². The van der Waals surface area contributed by atoms with E-state index in [1.165, 1.54) is 12.5 Å². The molecule has 1 amide bonds. The lowest BCUT2D eigenvalue weighted by Crippen LogP contribution is -2.12. The highest BCUT2D eigenvalue weighted by molar-refractivity contribution is 6.34. The van der Waals surface area contributed by atoms with Crippen LogP contribution in [0.15, 0.2) is 41.2 Å². The van der Waals surface area contributed by atoms with Crippen molar-refractivity contribution < 1.29 is 9.21 Å². The maximum Gasteiger partial charge on any atom is 0.259 e. The average molecular weight is 237 g/mol. The number of halogens is 1. The number of amides is 1. The van der Waals surface area contributed by atoms with Crippen LogP contribution in [0.5, 0.6) is 0 Å². The number of hydrogen-bond acceptors (Lipinski definition) is 3. The predicted octanol–water partition coefficient (Wildman–Crippen LogP) is 2.77. The number of anilines is 2. The monoisotopic (exact) mass is 236 g/mol. The van der Waals surface area contributed by atoms with Gasteiger partial charge in [-0.25, -0.2) is 0 Å². The lowest BCUT2D eigenvalue weighted by molar-refractivity contribution is 0.102. The van der Waals surface area contributed by atoms with Crippen molar-refractivity contribution in [1.82, 2.24) is 0 Å². The minimum atomic E-state index is -0.312. The van der Waals surface area contributed by atoms with Gasteiger partial charge < -0.3 is 15.5 Å². The number of rotatable bonds is 2. The molecular formula is C11H9ClN2O2. The van der Waals surface area contributed by atoms with Gasteiger partial charge in [-0.2, -0.15) is 0 Å². The molecule has 82 valence electrons. The molecule has 1 aromatic heterocycles. The Bertz CT molecular complexity index is 488. The molecule has 0 spiro atoms. The topological polar surface area (TPSA) is 68.3 Å². The van der Waals surface area contributed by atoms with Crippen LogP contribution in [0.1, 0.15) is 10.4 Å². The first-order valence-electron chi connectivity index (χ1n) is 4.56. The summed E-state index contributed by atoms with van der Waals surface area (Å²) < 4.78 is 4.81. The first-order valence-corrected chi connectivity index (χ1v) is 4.94. The molecule has 16 heavy (non-hydrogen) atoms. The molecule has 2 aromatic rings. The Hall–Kier alpha value is -1.94. The summed E-state index contributed by atoms with van der Waals surface area (Å²) in [7, 11) is 0. The fourth-order valence-corrected chi connectivity index (χ4v) is 1.48. The van der Waals surface area contributed by atoms with Crippen molar-refractivity contribution in [3.8, 4) is 0 Å². The van der Waals surface area contributed by atoms with Crippen LogP contribution in [0.2, 0.25) is 5.02 Å². The second kappa shape index (κ2) is 4.28. The van der Waals surface area contributed by atoms with Crippen molar-refractivity contribution in [1.29, 1.82) is 0 Å². The third-order valence-corrected chi connectivity index (χ3v) is 2.38. The Labute approximate surface area is 97.0 Å². The van der Waals surface area contributed by atoms with Crippen molar-refractivity contribution in [3.05, 3.63) is 47.4 Å². The van der Waals surface area contributed by atoms with E-state index >= 15 is 0 Å². The Morgan fingerprint density at radius 2 is 2.19 bits per heavy atom. The number of carbonyl (C=O) groups excluding carboxylic acids is 1. The van der Waals surface area contributed by atoms with Gasteiger partial charge in [0, 0.05) is 0 Å². The number of benzene rings is 1. The van der Waals surface area contributed by atoms with Gasteiger partial charge in [-0.1, -0.05) is 17.7 Å². The van der Waals surface area contributed by atoms with E-state index < -0.39 is 0 Å². The van der Waals surface area contributed by atoms with Crippen molar-refractivity contribution in [3.63, 3.8) is 0 Å². The summed E-state index contributed by atoms with van der Waals surface area (Å²) in [5.74, 6) is -0.312. The molecule has 1 aromatic carbocycles. The van der Waals surface area contributed by atoms with Gasteiger partial charge in [0.1, 0.15) is 6.26 Å². The van der Waals surface area contributed by atoms with Crippen molar-refractivity contribution >= 4 is 28.9 Å². The molecule has 0 radical (unpaired) electrons. The third kappa shape index (κ3) is 2.01. The number of nitrogens with two attached hydrogens (primary N) is 1. The maximum absolute atomic E-state index is 11.7. The zero-order valence-electron chi connectivity index (χ0n) is 8.24. The van der Waals surface area contributed by atoms with E-state index in [0.29, 0.717) is 22.0 Å². The molecule has 4 nitrogen and oxygen atoms in total. The summed E-state index contributed by atoms with van der Waals surface area (Å²) in [5.41, 5.74) is 6.95. The fourth-order valence-electron chi connectivity index (χ4n) is 1.25. The number of hydrogen-bond donors (Lipinski definition) is 2. The molecule has 2 rings (SSSR count). The lowest BCUT2D eigenvalue weighted by Gasteiger charge is -2.08. The zero-order chi connectivity index (χ0) is 11.5. The van der Waals surface area contributed by atoms with Crippen LogP contribution in [0, 0.1) is 0 Å². The molecule has 0 fully saturated rings. The molecule has 0 saturated carbocycles. The Morgan fingerprint density at radius 1 is 1.38 bits per heavy atom. The quantitative estimate of drug-likeness (QED) is 0.788. The van der Waals surface area contributed by atoms with Crippen LogP contribution in [0.25, 0.3) is 0 Å². The van der Waals surface area contributed by atoms with Crippen LogP contribution >= 0.6 is 11.6 Å². The summed E-state index contributed by atoms with van der Waals surface area (Å²) in [4.78, 5) is 11.7. The summed E-state index contributed by atoms with van der Waals surface area (Å²) in [5, 5.41) is 3.02. The molecule has 0 atom stereocenters. The van der Waals surface area contributed by atoms with E-state index in [2.05, 4.69) is 5.32 Å². The number of para-hydroxylation sites is 1. The Morgan fingerprint density at radius 3 is 2.81 bits per heavy atom. The molecule has 1 heterocycles. The van der Waals surface area contributed by atoms with E-state index in [4.69, 9.17) is 21.8 Å². The van der Waals surface area contributed by atoms with E-state index in [0.717, 1.165) is 0 Å². The van der Waals surface area contributed by atoms with Crippen molar-refractivity contribution in [2.45, 2.75) is 0 Å².